The summed E-state index contributed by atoms with van der Waals surface area (Å²) in [4.78, 5) is 22.1. The SMILES string of the molecule is CC(C)=CCn1c2ccc(C=O)cc2c2cc(C=O)ccc21. The largest absolute Gasteiger partial charge is 0.337 e. The van der Waals surface area contributed by atoms with E-state index in [1.165, 1.54) is 5.57 Å². The lowest BCUT2D eigenvalue weighted by Gasteiger charge is -2.04. The van der Waals surface area contributed by atoms with E-state index in [2.05, 4.69) is 24.5 Å². The Morgan fingerprint density at radius 3 is 1.82 bits per heavy atom. The smallest absolute Gasteiger partial charge is 0.150 e. The highest BCUT2D eigenvalue weighted by Gasteiger charge is 2.11. The first-order chi connectivity index (χ1) is 10.6. The maximum Gasteiger partial charge on any atom is 0.150 e. The van der Waals surface area contributed by atoms with Crippen LogP contribution in [-0.4, -0.2) is 17.1 Å². The molecule has 0 aliphatic carbocycles. The molecule has 0 N–H and O–H groups in total. The van der Waals surface area contributed by atoms with Crippen LogP contribution in [0.1, 0.15) is 34.6 Å². The number of aromatic nitrogens is 1. The molecule has 0 fully saturated rings. The second-order valence-corrected chi connectivity index (χ2v) is 5.68. The van der Waals surface area contributed by atoms with Crippen molar-refractivity contribution in [3.8, 4) is 0 Å². The predicted molar refractivity (Wildman–Crippen MR) is 89.7 cm³/mol. The molecule has 0 radical (unpaired) electrons. The van der Waals surface area contributed by atoms with Crippen LogP contribution in [0.3, 0.4) is 0 Å². The zero-order valence-electron chi connectivity index (χ0n) is 12.7. The predicted octanol–water partition coefficient (Wildman–Crippen LogP) is 4.39. The van der Waals surface area contributed by atoms with E-state index in [1.807, 2.05) is 36.4 Å². The van der Waals surface area contributed by atoms with Crippen LogP contribution in [0.15, 0.2) is 48.0 Å². The molecular weight excluding hydrogens is 274 g/mol. The van der Waals surface area contributed by atoms with Gasteiger partial charge in [0.1, 0.15) is 12.6 Å². The monoisotopic (exact) mass is 291 g/mol. The molecular formula is C19H17NO2. The molecule has 0 amide bonds. The molecule has 2 aromatic carbocycles. The lowest BCUT2D eigenvalue weighted by molar-refractivity contribution is 0.111. The second kappa shape index (κ2) is 5.60. The minimum atomic E-state index is 0.644. The third-order valence-electron chi connectivity index (χ3n) is 3.87. The highest BCUT2D eigenvalue weighted by Crippen LogP contribution is 2.30. The molecule has 0 unspecified atom stereocenters. The van der Waals surface area contributed by atoms with Gasteiger partial charge in [0.2, 0.25) is 0 Å². The molecule has 3 aromatic rings. The molecule has 0 saturated heterocycles. The number of carbonyl (C=O) groups excluding carboxylic acids is 2. The summed E-state index contributed by atoms with van der Waals surface area (Å²) < 4.78 is 2.21. The lowest BCUT2D eigenvalue weighted by Crippen LogP contribution is -1.95. The molecule has 1 heterocycles. The number of aldehydes is 2. The fourth-order valence-corrected chi connectivity index (χ4v) is 2.76. The van der Waals surface area contributed by atoms with Gasteiger partial charge in [-0.2, -0.15) is 0 Å². The van der Waals surface area contributed by atoms with E-state index in [9.17, 15) is 9.59 Å². The summed E-state index contributed by atoms with van der Waals surface area (Å²) in [5.41, 5.74) is 4.68. The number of fused-ring (bicyclic) bond motifs is 3. The van der Waals surface area contributed by atoms with Crippen molar-refractivity contribution in [1.82, 2.24) is 4.57 Å². The molecule has 3 nitrogen and oxygen atoms in total. The minimum absolute atomic E-state index is 0.644. The van der Waals surface area contributed by atoms with E-state index < -0.39 is 0 Å². The van der Waals surface area contributed by atoms with Crippen molar-refractivity contribution in [3.63, 3.8) is 0 Å². The van der Waals surface area contributed by atoms with Crippen LogP contribution in [0.2, 0.25) is 0 Å². The number of hydrogen-bond acceptors (Lipinski definition) is 2. The molecule has 0 bridgehead atoms. The number of benzene rings is 2. The molecule has 0 aliphatic rings. The minimum Gasteiger partial charge on any atom is -0.337 e. The Hall–Kier alpha value is -2.68. The number of hydrogen-bond donors (Lipinski definition) is 0. The van der Waals surface area contributed by atoms with Crippen LogP contribution in [-0.2, 0) is 6.54 Å². The van der Waals surface area contributed by atoms with Crippen LogP contribution < -0.4 is 0 Å². The summed E-state index contributed by atoms with van der Waals surface area (Å²) in [6.45, 7) is 4.91. The van der Waals surface area contributed by atoms with Gasteiger partial charge in [0.15, 0.2) is 0 Å². The molecule has 3 rings (SSSR count). The Kier molecular flexibility index (Phi) is 3.63. The number of nitrogens with zero attached hydrogens (tertiary/aromatic N) is 1. The molecule has 0 saturated carbocycles. The van der Waals surface area contributed by atoms with E-state index in [4.69, 9.17) is 0 Å². The van der Waals surface area contributed by atoms with Crippen LogP contribution in [0, 0.1) is 0 Å². The Balaban J connectivity index is 2.37. The van der Waals surface area contributed by atoms with Crippen molar-refractivity contribution >= 4 is 34.4 Å². The average Bonchev–Trinajstić information content (AvgIpc) is 2.85. The van der Waals surface area contributed by atoms with Crippen molar-refractivity contribution < 1.29 is 9.59 Å². The fourth-order valence-electron chi connectivity index (χ4n) is 2.76. The summed E-state index contributed by atoms with van der Waals surface area (Å²) in [5, 5.41) is 2.01. The van der Waals surface area contributed by atoms with Crippen LogP contribution >= 0.6 is 0 Å². The van der Waals surface area contributed by atoms with Crippen molar-refractivity contribution in [2.45, 2.75) is 20.4 Å². The Morgan fingerprint density at radius 1 is 0.909 bits per heavy atom. The van der Waals surface area contributed by atoms with Gasteiger partial charge in [-0.3, -0.25) is 9.59 Å². The molecule has 1 aromatic heterocycles. The zero-order chi connectivity index (χ0) is 15.7. The van der Waals surface area contributed by atoms with Gasteiger partial charge in [-0.1, -0.05) is 11.6 Å². The molecule has 0 atom stereocenters. The van der Waals surface area contributed by atoms with Crippen LogP contribution in [0.25, 0.3) is 21.8 Å². The van der Waals surface area contributed by atoms with Gasteiger partial charge in [0, 0.05) is 39.5 Å². The van der Waals surface area contributed by atoms with Crippen LogP contribution in [0.5, 0.6) is 0 Å². The lowest BCUT2D eigenvalue weighted by atomic mass is 10.1. The maximum atomic E-state index is 11.1. The van der Waals surface area contributed by atoms with E-state index in [0.717, 1.165) is 40.9 Å². The number of allylic oxidation sites excluding steroid dienone is 2. The summed E-state index contributed by atoms with van der Waals surface area (Å²) in [7, 11) is 0. The average molecular weight is 291 g/mol. The first-order valence-electron chi connectivity index (χ1n) is 7.24. The van der Waals surface area contributed by atoms with Gasteiger partial charge >= 0.3 is 0 Å². The van der Waals surface area contributed by atoms with E-state index in [0.29, 0.717) is 11.1 Å². The number of carbonyl (C=O) groups is 2. The van der Waals surface area contributed by atoms with Gasteiger partial charge in [0.05, 0.1) is 0 Å². The maximum absolute atomic E-state index is 11.1. The standard InChI is InChI=1S/C19H17NO2/c1-13(2)7-8-20-18-5-3-14(11-21)9-16(18)17-10-15(12-22)4-6-19(17)20/h3-7,9-12H,8H2,1-2H3. The van der Waals surface area contributed by atoms with Crippen molar-refractivity contribution in [3.05, 3.63) is 59.2 Å². The van der Waals surface area contributed by atoms with Gasteiger partial charge in [0.25, 0.3) is 0 Å². The third kappa shape index (κ3) is 2.35. The van der Waals surface area contributed by atoms with Crippen molar-refractivity contribution in [1.29, 1.82) is 0 Å². The van der Waals surface area contributed by atoms with Gasteiger partial charge < -0.3 is 4.57 Å². The Bertz CT molecular complexity index is 847. The zero-order valence-corrected chi connectivity index (χ0v) is 12.7. The van der Waals surface area contributed by atoms with Gasteiger partial charge in [-0.05, 0) is 50.2 Å². The molecule has 0 spiro atoms. The van der Waals surface area contributed by atoms with Gasteiger partial charge in [-0.25, -0.2) is 0 Å². The Labute approximate surface area is 128 Å². The van der Waals surface area contributed by atoms with E-state index in [1.54, 1.807) is 0 Å². The fraction of sp³-hybridized carbons (Fsp3) is 0.158. The summed E-state index contributed by atoms with van der Waals surface area (Å²) in [5.74, 6) is 0. The third-order valence-corrected chi connectivity index (χ3v) is 3.87. The number of rotatable bonds is 4. The highest BCUT2D eigenvalue weighted by atomic mass is 16.1. The molecule has 110 valence electrons. The summed E-state index contributed by atoms with van der Waals surface area (Å²) >= 11 is 0. The first-order valence-corrected chi connectivity index (χ1v) is 7.24. The normalized spacial score (nSPS) is 10.8. The van der Waals surface area contributed by atoms with Crippen molar-refractivity contribution in [2.24, 2.45) is 0 Å². The summed E-state index contributed by atoms with van der Waals surface area (Å²) in [6.07, 6.45) is 3.87. The second-order valence-electron chi connectivity index (χ2n) is 5.68. The topological polar surface area (TPSA) is 39.1 Å². The quantitative estimate of drug-likeness (QED) is 0.528. The van der Waals surface area contributed by atoms with Gasteiger partial charge in [-0.15, -0.1) is 0 Å². The Morgan fingerprint density at radius 2 is 1.41 bits per heavy atom. The summed E-state index contributed by atoms with van der Waals surface area (Å²) in [6, 6.07) is 11.4. The molecule has 3 heteroatoms. The highest BCUT2D eigenvalue weighted by molar-refractivity contribution is 6.10. The molecule has 0 aliphatic heterocycles. The van der Waals surface area contributed by atoms with Crippen molar-refractivity contribution in [2.75, 3.05) is 0 Å². The van der Waals surface area contributed by atoms with E-state index >= 15 is 0 Å². The van der Waals surface area contributed by atoms with Crippen LogP contribution in [0.4, 0.5) is 0 Å². The van der Waals surface area contributed by atoms with E-state index in [-0.39, 0.29) is 0 Å². The molecule has 22 heavy (non-hydrogen) atoms. The first kappa shape index (κ1) is 14.3.